The zero-order valence-electron chi connectivity index (χ0n) is 17.6. The van der Waals surface area contributed by atoms with Crippen LogP contribution in [0, 0.1) is 0 Å². The van der Waals surface area contributed by atoms with Gasteiger partial charge in [0.15, 0.2) is 0 Å². The van der Waals surface area contributed by atoms with E-state index in [4.69, 9.17) is 0 Å². The number of aromatic nitrogens is 1. The lowest BCUT2D eigenvalue weighted by Gasteiger charge is -2.15. The Morgan fingerprint density at radius 3 is 2.45 bits per heavy atom. The van der Waals surface area contributed by atoms with Gasteiger partial charge >= 0.3 is 6.18 Å². The third-order valence-electron chi connectivity index (χ3n) is 5.88. The number of alkyl halides is 3. The van der Waals surface area contributed by atoms with Gasteiger partial charge in [-0.2, -0.15) is 13.2 Å². The van der Waals surface area contributed by atoms with Crippen molar-refractivity contribution in [2.75, 3.05) is 0 Å². The van der Waals surface area contributed by atoms with Gasteiger partial charge in [0.2, 0.25) is 0 Å². The van der Waals surface area contributed by atoms with Crippen LogP contribution in [0.5, 0.6) is 0 Å². The van der Waals surface area contributed by atoms with Gasteiger partial charge in [0.25, 0.3) is 5.91 Å². The maximum absolute atomic E-state index is 12.8. The molecule has 5 nitrogen and oxygen atoms in total. The summed E-state index contributed by atoms with van der Waals surface area (Å²) in [5, 5.41) is 2.84. The molecule has 33 heavy (non-hydrogen) atoms. The summed E-state index contributed by atoms with van der Waals surface area (Å²) < 4.78 is 38.3. The number of rotatable bonds is 4. The van der Waals surface area contributed by atoms with Crippen LogP contribution in [0.1, 0.15) is 46.3 Å². The monoisotopic (exact) mass is 448 g/mol. The third-order valence-corrected chi connectivity index (χ3v) is 5.88. The molecule has 1 atom stereocenters. The first kappa shape index (κ1) is 21.1. The molecule has 3 heterocycles. The van der Waals surface area contributed by atoms with Crippen LogP contribution in [0.4, 0.5) is 18.9 Å². The largest absolute Gasteiger partial charge is 0.416 e. The maximum atomic E-state index is 12.8. The second-order valence-corrected chi connectivity index (χ2v) is 8.09. The molecule has 2 aromatic carbocycles. The molecule has 5 rings (SSSR count). The normalized spacial score (nSPS) is 15.4. The molecule has 0 saturated carbocycles. The first-order valence-electron chi connectivity index (χ1n) is 10.5. The molecule has 0 fully saturated rings. The number of carbonyl (C=O) groups is 1. The van der Waals surface area contributed by atoms with Crippen molar-refractivity contribution in [3.05, 3.63) is 94.3 Å². The molecule has 0 spiro atoms. The predicted molar refractivity (Wildman–Crippen MR) is 119 cm³/mol. The Labute approximate surface area is 188 Å². The second kappa shape index (κ2) is 7.95. The molecular formula is C25H19F3N4O. The number of hydrogen-bond acceptors (Lipinski definition) is 4. The predicted octanol–water partition coefficient (Wildman–Crippen LogP) is 4.96. The van der Waals surface area contributed by atoms with Crippen LogP contribution in [-0.2, 0) is 23.9 Å². The molecule has 0 bridgehead atoms. The Morgan fingerprint density at radius 1 is 1.03 bits per heavy atom. The molecule has 0 aliphatic carbocycles. The van der Waals surface area contributed by atoms with E-state index in [0.29, 0.717) is 24.2 Å². The Morgan fingerprint density at radius 2 is 1.76 bits per heavy atom. The summed E-state index contributed by atoms with van der Waals surface area (Å²) in [5.74, 6) is -0.332. The zero-order valence-corrected chi connectivity index (χ0v) is 17.6. The lowest BCUT2D eigenvalue weighted by molar-refractivity contribution is -0.137. The Kier molecular flexibility index (Phi) is 5.08. The van der Waals surface area contributed by atoms with Gasteiger partial charge in [-0.3, -0.25) is 14.8 Å². The summed E-state index contributed by atoms with van der Waals surface area (Å²) in [5.41, 5.74) is 5.92. The highest BCUT2D eigenvalue weighted by atomic mass is 19.4. The van der Waals surface area contributed by atoms with Gasteiger partial charge in [-0.1, -0.05) is 18.2 Å². The number of benzene rings is 2. The number of nitrogens with one attached hydrogen (secondary N) is 1. The van der Waals surface area contributed by atoms with E-state index >= 15 is 0 Å². The highest BCUT2D eigenvalue weighted by Crippen LogP contribution is 2.34. The molecule has 0 unspecified atom stereocenters. The molecular weight excluding hydrogens is 429 g/mol. The minimum atomic E-state index is -4.39. The molecule has 0 saturated heterocycles. The smallest absolute Gasteiger partial charge is 0.344 e. The van der Waals surface area contributed by atoms with E-state index in [0.717, 1.165) is 45.8 Å². The number of carbonyl (C=O) groups excluding carboxylic acids is 1. The number of amides is 1. The Hall–Kier alpha value is -3.81. The van der Waals surface area contributed by atoms with Gasteiger partial charge in [-0.25, -0.2) is 4.99 Å². The van der Waals surface area contributed by atoms with Gasteiger partial charge in [0.1, 0.15) is 5.71 Å². The van der Waals surface area contributed by atoms with Crippen LogP contribution in [-0.4, -0.2) is 22.3 Å². The van der Waals surface area contributed by atoms with Crippen molar-refractivity contribution >= 4 is 23.0 Å². The minimum Gasteiger partial charge on any atom is -0.344 e. The minimum absolute atomic E-state index is 0.332. The van der Waals surface area contributed by atoms with Crippen LogP contribution >= 0.6 is 0 Å². The maximum Gasteiger partial charge on any atom is 0.416 e. The van der Waals surface area contributed by atoms with Gasteiger partial charge in [0, 0.05) is 29.9 Å². The molecule has 2 aliphatic rings. The van der Waals surface area contributed by atoms with E-state index in [9.17, 15) is 18.0 Å². The summed E-state index contributed by atoms with van der Waals surface area (Å²) >= 11 is 0. The number of nitrogens with zero attached hydrogens (tertiary/aromatic N) is 3. The topological polar surface area (TPSA) is 66.7 Å². The molecule has 1 N–H and O–H groups in total. The molecule has 8 heteroatoms. The van der Waals surface area contributed by atoms with E-state index in [1.54, 1.807) is 19.3 Å². The van der Waals surface area contributed by atoms with Crippen molar-refractivity contribution < 1.29 is 18.0 Å². The van der Waals surface area contributed by atoms with E-state index in [1.807, 2.05) is 24.3 Å². The van der Waals surface area contributed by atoms with Crippen molar-refractivity contribution in [3.63, 3.8) is 0 Å². The standard InChI is InChI=1S/C25H19F3N4O/c1-14(15-2-4-19(5-3-15)25(26,27)28)31-24(33)22-11-17-10-18-13-30-23(16-6-8-29-9-7-16)20(18)12-21(17)32-22/h2-10,12,14H,11,13H2,1H3,(H,31,33)/t14-/m1/s1. The van der Waals surface area contributed by atoms with Crippen molar-refractivity contribution in [3.8, 4) is 0 Å². The van der Waals surface area contributed by atoms with Crippen LogP contribution in [0.25, 0.3) is 0 Å². The molecule has 1 aromatic heterocycles. The second-order valence-electron chi connectivity index (χ2n) is 8.09. The molecule has 1 amide bonds. The van der Waals surface area contributed by atoms with Crippen LogP contribution in [0.2, 0.25) is 0 Å². The van der Waals surface area contributed by atoms with E-state index < -0.39 is 17.8 Å². The lowest BCUT2D eigenvalue weighted by atomic mass is 9.97. The third kappa shape index (κ3) is 4.04. The number of aliphatic imine (C=N–C) groups is 2. The summed E-state index contributed by atoms with van der Waals surface area (Å²) in [4.78, 5) is 26.1. The van der Waals surface area contributed by atoms with Gasteiger partial charge in [-0.15, -0.1) is 0 Å². The van der Waals surface area contributed by atoms with Crippen LogP contribution < -0.4 is 5.32 Å². The first-order valence-corrected chi connectivity index (χ1v) is 10.5. The Balaban J connectivity index is 1.32. The SMILES string of the molecule is C[C@@H](NC(=O)C1=Nc2cc3c(cc2C1)CN=C3c1ccncc1)c1ccc(C(F)(F)F)cc1. The fourth-order valence-electron chi connectivity index (χ4n) is 4.11. The van der Waals surface area contributed by atoms with Crippen LogP contribution in [0.3, 0.4) is 0 Å². The quantitative estimate of drug-likeness (QED) is 0.613. The highest BCUT2D eigenvalue weighted by Gasteiger charge is 2.30. The molecule has 3 aromatic rings. The summed E-state index contributed by atoms with van der Waals surface area (Å²) in [7, 11) is 0. The van der Waals surface area contributed by atoms with Gasteiger partial charge < -0.3 is 5.32 Å². The van der Waals surface area contributed by atoms with E-state index in [-0.39, 0.29) is 5.91 Å². The fraction of sp³-hybridized carbons (Fsp3) is 0.200. The lowest BCUT2D eigenvalue weighted by Crippen LogP contribution is -2.33. The highest BCUT2D eigenvalue weighted by molar-refractivity contribution is 6.41. The zero-order chi connectivity index (χ0) is 23.2. The first-order chi connectivity index (χ1) is 15.8. The van der Waals surface area contributed by atoms with Gasteiger partial charge in [0.05, 0.1) is 29.5 Å². The number of halogens is 3. The molecule has 166 valence electrons. The number of fused-ring (bicyclic) bond motifs is 2. The van der Waals surface area contributed by atoms with E-state index in [1.165, 1.54) is 12.1 Å². The molecule has 0 radical (unpaired) electrons. The van der Waals surface area contributed by atoms with Crippen LogP contribution in [0.15, 0.2) is 70.9 Å². The van der Waals surface area contributed by atoms with Crippen molar-refractivity contribution in [1.82, 2.24) is 10.3 Å². The van der Waals surface area contributed by atoms with Crippen molar-refractivity contribution in [2.45, 2.75) is 32.1 Å². The summed E-state index contributed by atoms with van der Waals surface area (Å²) in [6.45, 7) is 2.31. The molecule has 2 aliphatic heterocycles. The fourth-order valence-corrected chi connectivity index (χ4v) is 4.11. The van der Waals surface area contributed by atoms with Gasteiger partial charge in [-0.05, 0) is 53.9 Å². The average Bonchev–Trinajstić information content (AvgIpc) is 3.41. The summed E-state index contributed by atoms with van der Waals surface area (Å²) in [6.07, 6.45) is -0.542. The number of hydrogen-bond donors (Lipinski definition) is 1. The van der Waals surface area contributed by atoms with Crippen molar-refractivity contribution in [2.24, 2.45) is 9.98 Å². The summed E-state index contributed by atoms with van der Waals surface area (Å²) in [6, 6.07) is 12.2. The number of pyridine rings is 1. The average molecular weight is 448 g/mol. The van der Waals surface area contributed by atoms with Crippen molar-refractivity contribution in [1.29, 1.82) is 0 Å². The van der Waals surface area contributed by atoms with E-state index in [2.05, 4.69) is 20.3 Å². The Bertz CT molecular complexity index is 1300.